The minimum Gasteiger partial charge on any atom is -0.494 e. The summed E-state index contributed by atoms with van der Waals surface area (Å²) in [7, 11) is -3.61. The maximum Gasteiger partial charge on any atom is 0.260 e. The van der Waals surface area contributed by atoms with E-state index >= 15 is 0 Å². The molecule has 29 heavy (non-hydrogen) atoms. The molecule has 0 unspecified atom stereocenters. The van der Waals surface area contributed by atoms with E-state index in [-0.39, 0.29) is 6.54 Å². The minimum atomic E-state index is -3.61. The van der Waals surface area contributed by atoms with Gasteiger partial charge in [0.05, 0.1) is 24.8 Å². The van der Waals surface area contributed by atoms with Gasteiger partial charge in [-0.2, -0.15) is 5.10 Å². The number of amides is 1. The topological polar surface area (TPSA) is 88.1 Å². The number of unbranched alkanes of at least 4 members (excludes halogenated alkanes) is 1. The number of benzene rings is 2. The summed E-state index contributed by atoms with van der Waals surface area (Å²) in [6.45, 7) is 2.42. The van der Waals surface area contributed by atoms with Crippen LogP contribution < -0.4 is 14.5 Å². The summed E-state index contributed by atoms with van der Waals surface area (Å²) in [6, 6.07) is 14.2. The second-order valence-corrected chi connectivity index (χ2v) is 9.46. The van der Waals surface area contributed by atoms with Crippen molar-refractivity contribution in [1.82, 2.24) is 5.43 Å². The van der Waals surface area contributed by atoms with E-state index in [1.54, 1.807) is 24.3 Å². The van der Waals surface area contributed by atoms with Gasteiger partial charge >= 0.3 is 0 Å². The van der Waals surface area contributed by atoms with Crippen LogP contribution in [-0.4, -0.2) is 39.9 Å². The Kier molecular flexibility index (Phi) is 8.90. The third-order valence-electron chi connectivity index (χ3n) is 3.85. The van der Waals surface area contributed by atoms with Crippen molar-refractivity contribution < 1.29 is 17.9 Å². The number of ether oxygens (including phenoxy) is 1. The van der Waals surface area contributed by atoms with Crippen molar-refractivity contribution in [2.24, 2.45) is 5.10 Å². The molecular weight excluding hydrogens is 505 g/mol. The lowest BCUT2D eigenvalue weighted by atomic mass is 10.2. The molecule has 2 rings (SSSR count). The predicted octanol–water partition coefficient (Wildman–Crippen LogP) is 3.39. The zero-order valence-electron chi connectivity index (χ0n) is 16.3. The average molecular weight is 529 g/mol. The highest BCUT2D eigenvalue weighted by molar-refractivity contribution is 14.1. The van der Waals surface area contributed by atoms with E-state index in [1.807, 2.05) is 24.3 Å². The Bertz CT molecular complexity index is 929. The molecule has 0 atom stereocenters. The van der Waals surface area contributed by atoms with Gasteiger partial charge in [0.15, 0.2) is 0 Å². The molecule has 2 aromatic rings. The zero-order chi connectivity index (χ0) is 21.3. The molecule has 1 N–H and O–H groups in total. The number of nitrogens with one attached hydrogen (secondary N) is 1. The highest BCUT2D eigenvalue weighted by Gasteiger charge is 2.20. The van der Waals surface area contributed by atoms with E-state index in [4.69, 9.17) is 4.74 Å². The Labute approximate surface area is 185 Å². The monoisotopic (exact) mass is 529 g/mol. The van der Waals surface area contributed by atoms with Crippen LogP contribution in [0.15, 0.2) is 53.6 Å². The van der Waals surface area contributed by atoms with Gasteiger partial charge < -0.3 is 4.74 Å². The van der Waals surface area contributed by atoms with Crippen LogP contribution in [0.3, 0.4) is 0 Å². The van der Waals surface area contributed by atoms with Gasteiger partial charge in [-0.3, -0.25) is 9.10 Å². The van der Waals surface area contributed by atoms with Crippen molar-refractivity contribution in [2.75, 3.05) is 23.7 Å². The number of hydrogen-bond donors (Lipinski definition) is 1. The van der Waals surface area contributed by atoms with Crippen molar-refractivity contribution in [1.29, 1.82) is 0 Å². The van der Waals surface area contributed by atoms with E-state index in [1.165, 1.54) is 6.21 Å². The standard InChI is InChI=1S/C20H24IN3O4S/c1-3-4-13-28-19-11-5-16(6-12-19)14-22-23-20(25)15-24(29(2,26)27)18-9-7-17(21)8-10-18/h5-12,14H,3-4,13,15H2,1-2H3,(H,23,25)/b22-14-. The molecule has 0 saturated heterocycles. The Morgan fingerprint density at radius 3 is 2.41 bits per heavy atom. The molecule has 0 heterocycles. The lowest BCUT2D eigenvalue weighted by molar-refractivity contribution is -0.119. The first-order valence-corrected chi connectivity index (χ1v) is 12.0. The smallest absolute Gasteiger partial charge is 0.260 e. The number of carbonyl (C=O) groups is 1. The molecule has 7 nitrogen and oxygen atoms in total. The van der Waals surface area contributed by atoms with Crippen LogP contribution in [-0.2, 0) is 14.8 Å². The van der Waals surface area contributed by atoms with E-state index < -0.39 is 15.9 Å². The van der Waals surface area contributed by atoms with Crippen molar-refractivity contribution in [2.45, 2.75) is 19.8 Å². The van der Waals surface area contributed by atoms with Crippen LogP contribution >= 0.6 is 22.6 Å². The minimum absolute atomic E-state index is 0.360. The first-order valence-electron chi connectivity index (χ1n) is 9.07. The Morgan fingerprint density at radius 2 is 1.83 bits per heavy atom. The van der Waals surface area contributed by atoms with Crippen LogP contribution in [0, 0.1) is 3.57 Å². The predicted molar refractivity (Wildman–Crippen MR) is 124 cm³/mol. The van der Waals surface area contributed by atoms with Gasteiger partial charge in [0.25, 0.3) is 5.91 Å². The molecule has 0 saturated carbocycles. The van der Waals surface area contributed by atoms with Gasteiger partial charge in [-0.25, -0.2) is 13.8 Å². The summed E-state index contributed by atoms with van der Waals surface area (Å²) in [4.78, 5) is 12.2. The normalized spacial score (nSPS) is 11.4. The second-order valence-electron chi connectivity index (χ2n) is 6.31. The fourth-order valence-electron chi connectivity index (χ4n) is 2.34. The van der Waals surface area contributed by atoms with Crippen LogP contribution in [0.4, 0.5) is 5.69 Å². The van der Waals surface area contributed by atoms with Gasteiger partial charge in [-0.15, -0.1) is 0 Å². The number of hydrazone groups is 1. The fraction of sp³-hybridized carbons (Fsp3) is 0.300. The molecule has 156 valence electrons. The number of carbonyl (C=O) groups excluding carboxylic acids is 1. The summed E-state index contributed by atoms with van der Waals surface area (Å²) >= 11 is 2.13. The number of anilines is 1. The summed E-state index contributed by atoms with van der Waals surface area (Å²) in [6.07, 6.45) is 4.63. The van der Waals surface area contributed by atoms with E-state index in [9.17, 15) is 13.2 Å². The molecule has 0 aromatic heterocycles. The van der Waals surface area contributed by atoms with Crippen molar-refractivity contribution in [3.8, 4) is 5.75 Å². The Morgan fingerprint density at radius 1 is 1.17 bits per heavy atom. The van der Waals surface area contributed by atoms with Crippen LogP contribution in [0.25, 0.3) is 0 Å². The molecule has 9 heteroatoms. The Hall–Kier alpha value is -2.14. The number of sulfonamides is 1. The van der Waals surface area contributed by atoms with Crippen molar-refractivity contribution in [3.05, 3.63) is 57.7 Å². The van der Waals surface area contributed by atoms with Gasteiger partial charge in [0.1, 0.15) is 12.3 Å². The van der Waals surface area contributed by atoms with Crippen molar-refractivity contribution in [3.63, 3.8) is 0 Å². The average Bonchev–Trinajstić information content (AvgIpc) is 2.67. The molecule has 0 aliphatic rings. The maximum atomic E-state index is 12.2. The molecule has 1 amide bonds. The third kappa shape index (κ3) is 8.01. The van der Waals surface area contributed by atoms with Gasteiger partial charge in [0.2, 0.25) is 10.0 Å². The number of rotatable bonds is 10. The third-order valence-corrected chi connectivity index (χ3v) is 5.71. The van der Waals surface area contributed by atoms with Crippen LogP contribution in [0.2, 0.25) is 0 Å². The van der Waals surface area contributed by atoms with E-state index in [2.05, 4.69) is 40.0 Å². The first kappa shape index (κ1) is 23.1. The number of hydrogen-bond acceptors (Lipinski definition) is 5. The van der Waals surface area contributed by atoms with Crippen molar-refractivity contribution >= 4 is 50.4 Å². The quantitative estimate of drug-likeness (QED) is 0.221. The first-order chi connectivity index (χ1) is 13.8. The fourth-order valence-corrected chi connectivity index (χ4v) is 3.55. The lowest BCUT2D eigenvalue weighted by Gasteiger charge is -2.21. The molecule has 0 aliphatic heterocycles. The molecule has 0 radical (unpaired) electrons. The summed E-state index contributed by atoms with van der Waals surface area (Å²) in [5, 5.41) is 3.90. The van der Waals surface area contributed by atoms with Gasteiger partial charge in [-0.05, 0) is 83.1 Å². The highest BCUT2D eigenvalue weighted by atomic mass is 127. The zero-order valence-corrected chi connectivity index (χ0v) is 19.3. The largest absolute Gasteiger partial charge is 0.494 e. The molecular formula is C20H24IN3O4S. The summed E-state index contributed by atoms with van der Waals surface area (Å²) in [5.74, 6) is 0.241. The Balaban J connectivity index is 1.94. The second kappa shape index (κ2) is 11.1. The molecule has 0 fully saturated rings. The molecule has 0 aliphatic carbocycles. The molecule has 0 bridgehead atoms. The highest BCUT2D eigenvalue weighted by Crippen LogP contribution is 2.18. The van der Waals surface area contributed by atoms with E-state index in [0.717, 1.165) is 38.3 Å². The number of nitrogens with zero attached hydrogens (tertiary/aromatic N) is 2. The lowest BCUT2D eigenvalue weighted by Crippen LogP contribution is -2.39. The summed E-state index contributed by atoms with van der Waals surface area (Å²) in [5.41, 5.74) is 3.57. The summed E-state index contributed by atoms with van der Waals surface area (Å²) < 4.78 is 31.7. The van der Waals surface area contributed by atoms with E-state index in [0.29, 0.717) is 12.3 Å². The van der Waals surface area contributed by atoms with Crippen LogP contribution in [0.1, 0.15) is 25.3 Å². The maximum absolute atomic E-state index is 12.2. The molecule has 2 aromatic carbocycles. The SMILES string of the molecule is CCCCOc1ccc(/C=N\NC(=O)CN(c2ccc(I)cc2)S(C)(=O)=O)cc1. The van der Waals surface area contributed by atoms with Crippen LogP contribution in [0.5, 0.6) is 5.75 Å². The van der Waals surface area contributed by atoms with Gasteiger partial charge in [-0.1, -0.05) is 13.3 Å². The van der Waals surface area contributed by atoms with Gasteiger partial charge in [0, 0.05) is 3.57 Å². The molecule has 0 spiro atoms. The number of halogens is 1.